The van der Waals surface area contributed by atoms with Gasteiger partial charge in [0.2, 0.25) is 5.91 Å². The molecule has 0 spiro atoms. The number of hydrogen-bond donors (Lipinski definition) is 1. The van der Waals surface area contributed by atoms with E-state index in [1.807, 2.05) is 0 Å². The third-order valence-corrected chi connectivity index (χ3v) is 4.06. The topological polar surface area (TPSA) is 46.3 Å². The zero-order valence-electron chi connectivity index (χ0n) is 9.67. The van der Waals surface area contributed by atoms with Crippen LogP contribution in [-0.4, -0.2) is 29.9 Å². The fourth-order valence-corrected chi connectivity index (χ4v) is 2.74. The fourth-order valence-electron chi connectivity index (χ4n) is 2.74. The van der Waals surface area contributed by atoms with E-state index >= 15 is 0 Å². The Bertz CT molecular complexity index is 242. The quantitative estimate of drug-likeness (QED) is 0.764. The van der Waals surface area contributed by atoms with Gasteiger partial charge < -0.3 is 10.6 Å². The van der Waals surface area contributed by atoms with Crippen LogP contribution in [0.3, 0.4) is 0 Å². The van der Waals surface area contributed by atoms with E-state index in [2.05, 4.69) is 11.8 Å². The molecule has 0 saturated heterocycles. The number of nitrogens with zero attached hydrogens (tertiary/aromatic N) is 1. The molecule has 0 aromatic heterocycles. The Kier molecular flexibility index (Phi) is 3.01. The first kappa shape index (κ1) is 10.9. The molecule has 2 aliphatic rings. The minimum Gasteiger partial charge on any atom is -0.339 e. The summed E-state index contributed by atoms with van der Waals surface area (Å²) in [6.07, 6.45) is 6.96. The average molecular weight is 210 g/mol. The lowest BCUT2D eigenvalue weighted by Gasteiger charge is -2.31. The monoisotopic (exact) mass is 210 g/mol. The molecule has 0 atom stereocenters. The predicted octanol–water partition coefficient (Wildman–Crippen LogP) is 1.52. The lowest BCUT2D eigenvalue weighted by atomic mass is 10.0. The van der Waals surface area contributed by atoms with Gasteiger partial charge in [0, 0.05) is 19.1 Å². The maximum absolute atomic E-state index is 12.3. The Hall–Kier alpha value is -0.570. The van der Waals surface area contributed by atoms with Crippen LogP contribution in [0.2, 0.25) is 0 Å². The third kappa shape index (κ3) is 1.89. The summed E-state index contributed by atoms with van der Waals surface area (Å²) < 4.78 is 0. The third-order valence-electron chi connectivity index (χ3n) is 4.06. The van der Waals surface area contributed by atoms with Crippen LogP contribution in [0.25, 0.3) is 0 Å². The number of carbonyl (C=O) groups is 1. The summed E-state index contributed by atoms with van der Waals surface area (Å²) in [5.74, 6) is 0.333. The molecule has 2 saturated carbocycles. The summed E-state index contributed by atoms with van der Waals surface area (Å²) >= 11 is 0. The zero-order chi connectivity index (χ0) is 10.9. The van der Waals surface area contributed by atoms with Crippen molar-refractivity contribution in [2.75, 3.05) is 13.1 Å². The second-order valence-corrected chi connectivity index (χ2v) is 5.01. The van der Waals surface area contributed by atoms with Gasteiger partial charge in [0.1, 0.15) is 0 Å². The van der Waals surface area contributed by atoms with Gasteiger partial charge in [-0.1, -0.05) is 12.8 Å². The van der Waals surface area contributed by atoms with Crippen molar-refractivity contribution < 1.29 is 4.79 Å². The van der Waals surface area contributed by atoms with Crippen molar-refractivity contribution in [1.82, 2.24) is 4.90 Å². The van der Waals surface area contributed by atoms with E-state index < -0.39 is 0 Å². The van der Waals surface area contributed by atoms with E-state index in [9.17, 15) is 4.79 Å². The van der Waals surface area contributed by atoms with Crippen molar-refractivity contribution in [3.8, 4) is 0 Å². The Morgan fingerprint density at radius 2 is 2.00 bits per heavy atom. The Morgan fingerprint density at radius 1 is 1.40 bits per heavy atom. The summed E-state index contributed by atoms with van der Waals surface area (Å²) in [6.45, 7) is 3.48. The molecular formula is C12H22N2O. The van der Waals surface area contributed by atoms with Crippen LogP contribution in [0.15, 0.2) is 0 Å². The van der Waals surface area contributed by atoms with Gasteiger partial charge in [-0.3, -0.25) is 4.79 Å². The first-order chi connectivity index (χ1) is 7.23. The molecule has 0 radical (unpaired) electrons. The van der Waals surface area contributed by atoms with E-state index in [4.69, 9.17) is 5.73 Å². The highest BCUT2D eigenvalue weighted by atomic mass is 16.2. The highest BCUT2D eigenvalue weighted by Gasteiger charge is 2.51. The summed E-state index contributed by atoms with van der Waals surface area (Å²) in [7, 11) is 0. The molecule has 3 nitrogen and oxygen atoms in total. The summed E-state index contributed by atoms with van der Waals surface area (Å²) in [5.41, 5.74) is 5.56. The van der Waals surface area contributed by atoms with E-state index in [0.29, 0.717) is 18.5 Å². The molecule has 2 rings (SSSR count). The fraction of sp³-hybridized carbons (Fsp3) is 0.917. The molecule has 15 heavy (non-hydrogen) atoms. The van der Waals surface area contributed by atoms with Crippen LogP contribution in [-0.2, 0) is 4.79 Å². The number of rotatable bonds is 4. The zero-order valence-corrected chi connectivity index (χ0v) is 9.67. The molecule has 2 N–H and O–H groups in total. The maximum Gasteiger partial charge on any atom is 0.230 e. The number of amides is 1. The second-order valence-electron chi connectivity index (χ2n) is 5.01. The summed E-state index contributed by atoms with van der Waals surface area (Å²) in [6, 6.07) is 0.506. The van der Waals surface area contributed by atoms with E-state index in [-0.39, 0.29) is 5.41 Å². The first-order valence-electron chi connectivity index (χ1n) is 6.24. The predicted molar refractivity (Wildman–Crippen MR) is 60.4 cm³/mol. The highest BCUT2D eigenvalue weighted by molar-refractivity contribution is 5.86. The van der Waals surface area contributed by atoms with Crippen molar-refractivity contribution in [3.05, 3.63) is 0 Å². The molecule has 0 aromatic rings. The van der Waals surface area contributed by atoms with Gasteiger partial charge in [-0.25, -0.2) is 0 Å². The van der Waals surface area contributed by atoms with E-state index in [0.717, 1.165) is 19.4 Å². The Balaban J connectivity index is 2.02. The molecule has 0 heterocycles. The lowest BCUT2D eigenvalue weighted by molar-refractivity contribution is -0.138. The lowest BCUT2D eigenvalue weighted by Crippen LogP contribution is -2.45. The Labute approximate surface area is 92.0 Å². The van der Waals surface area contributed by atoms with Crippen molar-refractivity contribution in [1.29, 1.82) is 0 Å². The largest absolute Gasteiger partial charge is 0.339 e. The van der Waals surface area contributed by atoms with Gasteiger partial charge >= 0.3 is 0 Å². The molecule has 0 aliphatic heterocycles. The van der Waals surface area contributed by atoms with Crippen LogP contribution in [0.5, 0.6) is 0 Å². The van der Waals surface area contributed by atoms with Crippen LogP contribution in [0, 0.1) is 5.41 Å². The van der Waals surface area contributed by atoms with Crippen LogP contribution >= 0.6 is 0 Å². The molecule has 0 bridgehead atoms. The minimum atomic E-state index is -0.154. The van der Waals surface area contributed by atoms with Gasteiger partial charge in [-0.2, -0.15) is 0 Å². The van der Waals surface area contributed by atoms with Crippen molar-refractivity contribution in [2.45, 2.75) is 51.5 Å². The molecule has 1 amide bonds. The van der Waals surface area contributed by atoms with Crippen molar-refractivity contribution in [3.63, 3.8) is 0 Å². The van der Waals surface area contributed by atoms with Gasteiger partial charge in [0.05, 0.1) is 5.41 Å². The van der Waals surface area contributed by atoms with Crippen LogP contribution < -0.4 is 5.73 Å². The minimum absolute atomic E-state index is 0.154. The molecular weight excluding hydrogens is 188 g/mol. The van der Waals surface area contributed by atoms with Crippen molar-refractivity contribution >= 4 is 5.91 Å². The molecule has 0 unspecified atom stereocenters. The SMILES string of the molecule is CCN(C(=O)C1(CN)CC1)C1CCCC1. The van der Waals surface area contributed by atoms with Gasteiger partial charge in [-0.05, 0) is 32.6 Å². The first-order valence-corrected chi connectivity index (χ1v) is 6.24. The summed E-state index contributed by atoms with van der Waals surface area (Å²) in [5, 5.41) is 0. The smallest absolute Gasteiger partial charge is 0.230 e. The van der Waals surface area contributed by atoms with E-state index in [1.165, 1.54) is 25.7 Å². The molecule has 2 aliphatic carbocycles. The standard InChI is InChI=1S/C12H22N2O/c1-2-14(10-5-3-4-6-10)11(15)12(9-13)7-8-12/h10H,2-9,13H2,1H3. The highest BCUT2D eigenvalue weighted by Crippen LogP contribution is 2.47. The number of carbonyl (C=O) groups excluding carboxylic acids is 1. The number of nitrogens with two attached hydrogens (primary N) is 1. The van der Waals surface area contributed by atoms with Crippen molar-refractivity contribution in [2.24, 2.45) is 11.1 Å². The molecule has 86 valence electrons. The van der Waals surface area contributed by atoms with Gasteiger partial charge in [0.15, 0.2) is 0 Å². The molecule has 2 fully saturated rings. The van der Waals surface area contributed by atoms with Crippen LogP contribution in [0.4, 0.5) is 0 Å². The second kappa shape index (κ2) is 4.12. The summed E-state index contributed by atoms with van der Waals surface area (Å²) in [4.78, 5) is 14.4. The molecule has 3 heteroatoms. The normalized spacial score (nSPS) is 24.1. The van der Waals surface area contributed by atoms with Crippen LogP contribution in [0.1, 0.15) is 45.4 Å². The average Bonchev–Trinajstić information content (AvgIpc) is 2.89. The molecule has 0 aromatic carbocycles. The maximum atomic E-state index is 12.3. The van der Waals surface area contributed by atoms with Gasteiger partial charge in [0.25, 0.3) is 0 Å². The Morgan fingerprint density at radius 3 is 2.40 bits per heavy atom. The van der Waals surface area contributed by atoms with Gasteiger partial charge in [-0.15, -0.1) is 0 Å². The number of hydrogen-bond acceptors (Lipinski definition) is 2. The van der Waals surface area contributed by atoms with E-state index in [1.54, 1.807) is 0 Å².